The Labute approximate surface area is 167 Å². The molecule has 158 valence electrons. The maximum atomic E-state index is 12.8. The summed E-state index contributed by atoms with van der Waals surface area (Å²) in [6, 6.07) is 9.26. The Balaban J connectivity index is 0.000000370. The van der Waals surface area contributed by atoms with Crippen LogP contribution in [0.1, 0.15) is 48.0 Å². The average molecular weight is 411 g/mol. The minimum Gasteiger partial charge on any atom is -0.475 e. The molecule has 1 aromatic rings. The third-order valence-electron chi connectivity index (χ3n) is 5.67. The summed E-state index contributed by atoms with van der Waals surface area (Å²) in [5, 5.41) is 16.3. The normalized spacial score (nSPS) is 22.4. The highest BCUT2D eigenvalue weighted by Gasteiger charge is 2.40. The topological polar surface area (TPSA) is 84.6 Å². The number of nitrogens with zero attached hydrogens (tertiary/aromatic N) is 3. The zero-order valence-electron chi connectivity index (χ0n) is 16.2. The number of hydrogen-bond donors (Lipinski definition) is 1. The second-order valence-corrected chi connectivity index (χ2v) is 7.36. The minimum absolute atomic E-state index is 0.00912. The molecule has 2 heterocycles. The van der Waals surface area contributed by atoms with Crippen LogP contribution in [0.3, 0.4) is 0 Å². The van der Waals surface area contributed by atoms with Crippen LogP contribution in [0.2, 0.25) is 0 Å². The van der Waals surface area contributed by atoms with Gasteiger partial charge in [-0.2, -0.15) is 18.4 Å². The molecular weight excluding hydrogens is 387 g/mol. The lowest BCUT2D eigenvalue weighted by molar-refractivity contribution is -0.192. The van der Waals surface area contributed by atoms with E-state index in [-0.39, 0.29) is 5.91 Å². The van der Waals surface area contributed by atoms with Gasteiger partial charge in [0.15, 0.2) is 0 Å². The van der Waals surface area contributed by atoms with Gasteiger partial charge in [0.05, 0.1) is 17.2 Å². The van der Waals surface area contributed by atoms with Gasteiger partial charge in [0.25, 0.3) is 5.91 Å². The predicted molar refractivity (Wildman–Crippen MR) is 99.2 cm³/mol. The number of nitriles is 1. The molecule has 0 bridgehead atoms. The van der Waals surface area contributed by atoms with Crippen molar-refractivity contribution in [3.63, 3.8) is 0 Å². The highest BCUT2D eigenvalue weighted by atomic mass is 19.4. The van der Waals surface area contributed by atoms with Gasteiger partial charge in [-0.05, 0) is 57.8 Å². The molecular formula is C20H24F3N3O3. The lowest BCUT2D eigenvalue weighted by atomic mass is 9.88. The van der Waals surface area contributed by atoms with E-state index in [2.05, 4.69) is 18.0 Å². The Bertz CT molecular complexity index is 791. The molecule has 9 heteroatoms. The molecule has 3 rings (SSSR count). The van der Waals surface area contributed by atoms with E-state index in [1.165, 1.54) is 25.8 Å². The number of rotatable bonds is 1. The van der Waals surface area contributed by atoms with Gasteiger partial charge in [0.1, 0.15) is 0 Å². The van der Waals surface area contributed by atoms with Crippen LogP contribution in [0.4, 0.5) is 13.2 Å². The van der Waals surface area contributed by atoms with Crippen molar-refractivity contribution in [3.05, 3.63) is 35.4 Å². The van der Waals surface area contributed by atoms with Gasteiger partial charge >= 0.3 is 12.1 Å². The van der Waals surface area contributed by atoms with Gasteiger partial charge in [-0.1, -0.05) is 12.1 Å². The van der Waals surface area contributed by atoms with Crippen LogP contribution in [0, 0.1) is 11.3 Å². The fourth-order valence-corrected chi connectivity index (χ4v) is 4.02. The van der Waals surface area contributed by atoms with Crippen LogP contribution in [-0.4, -0.2) is 65.2 Å². The zero-order valence-corrected chi connectivity index (χ0v) is 16.2. The van der Waals surface area contributed by atoms with E-state index in [4.69, 9.17) is 9.90 Å². The van der Waals surface area contributed by atoms with E-state index in [0.29, 0.717) is 16.7 Å². The van der Waals surface area contributed by atoms with E-state index in [9.17, 15) is 23.2 Å². The number of alkyl halides is 3. The van der Waals surface area contributed by atoms with Crippen molar-refractivity contribution in [2.45, 2.75) is 43.8 Å². The van der Waals surface area contributed by atoms with Gasteiger partial charge in [-0.3, -0.25) is 4.79 Å². The largest absolute Gasteiger partial charge is 0.490 e. The summed E-state index contributed by atoms with van der Waals surface area (Å²) in [7, 11) is 2.22. The number of carboxylic acid groups (broad SMARTS) is 1. The maximum absolute atomic E-state index is 12.8. The zero-order chi connectivity index (χ0) is 21.7. The number of hydrogen-bond acceptors (Lipinski definition) is 4. The Hall–Kier alpha value is -2.60. The molecule has 2 saturated heterocycles. The molecule has 2 aliphatic rings. The van der Waals surface area contributed by atoms with Gasteiger partial charge in [-0.25, -0.2) is 4.79 Å². The molecule has 2 aliphatic heterocycles. The molecule has 2 fully saturated rings. The number of carbonyl (C=O) groups excluding carboxylic acids is 1. The van der Waals surface area contributed by atoms with Gasteiger partial charge < -0.3 is 14.9 Å². The van der Waals surface area contributed by atoms with E-state index >= 15 is 0 Å². The van der Waals surface area contributed by atoms with Crippen LogP contribution in [-0.2, 0) is 4.79 Å². The summed E-state index contributed by atoms with van der Waals surface area (Å²) >= 11 is 0. The van der Waals surface area contributed by atoms with Gasteiger partial charge in [0, 0.05) is 18.6 Å². The van der Waals surface area contributed by atoms with Crippen LogP contribution < -0.4 is 0 Å². The van der Waals surface area contributed by atoms with Crippen LogP contribution >= 0.6 is 0 Å². The highest BCUT2D eigenvalue weighted by molar-refractivity contribution is 5.96. The average Bonchev–Trinajstić information content (AvgIpc) is 2.90. The quantitative estimate of drug-likeness (QED) is 0.767. The number of amides is 1. The van der Waals surface area contributed by atoms with Crippen molar-refractivity contribution in [1.82, 2.24) is 9.80 Å². The smallest absolute Gasteiger partial charge is 0.475 e. The van der Waals surface area contributed by atoms with Crippen molar-refractivity contribution in [2.75, 3.05) is 26.7 Å². The van der Waals surface area contributed by atoms with E-state index in [0.717, 1.165) is 25.9 Å². The SMILES string of the molecule is CN1CCCC12CCCN(C(=O)c1ccccc1C#N)CC2.O=C(O)C(F)(F)F. The Morgan fingerprint density at radius 2 is 1.69 bits per heavy atom. The number of carbonyl (C=O) groups is 2. The molecule has 1 spiro atoms. The first kappa shape index (κ1) is 22.7. The summed E-state index contributed by atoms with van der Waals surface area (Å²) < 4.78 is 31.7. The monoisotopic (exact) mass is 411 g/mol. The minimum atomic E-state index is -5.08. The molecule has 0 aromatic heterocycles. The molecule has 29 heavy (non-hydrogen) atoms. The Morgan fingerprint density at radius 1 is 1.10 bits per heavy atom. The van der Waals surface area contributed by atoms with E-state index in [1.54, 1.807) is 18.2 Å². The van der Waals surface area contributed by atoms with Gasteiger partial charge in [-0.15, -0.1) is 0 Å². The first-order valence-electron chi connectivity index (χ1n) is 9.40. The van der Waals surface area contributed by atoms with Crippen molar-refractivity contribution in [2.24, 2.45) is 0 Å². The lowest BCUT2D eigenvalue weighted by Crippen LogP contribution is -2.42. The fraction of sp³-hybridized carbons (Fsp3) is 0.550. The van der Waals surface area contributed by atoms with E-state index in [1.807, 2.05) is 11.0 Å². The number of carboxylic acids is 1. The fourth-order valence-electron chi connectivity index (χ4n) is 4.02. The molecule has 0 aliphatic carbocycles. The van der Waals surface area contributed by atoms with Crippen LogP contribution in [0.15, 0.2) is 24.3 Å². The summed E-state index contributed by atoms with van der Waals surface area (Å²) in [5.74, 6) is -2.75. The van der Waals surface area contributed by atoms with Gasteiger partial charge in [0.2, 0.25) is 0 Å². The van der Waals surface area contributed by atoms with Crippen molar-refractivity contribution in [3.8, 4) is 6.07 Å². The van der Waals surface area contributed by atoms with Crippen molar-refractivity contribution >= 4 is 11.9 Å². The lowest BCUT2D eigenvalue weighted by Gasteiger charge is -2.35. The van der Waals surface area contributed by atoms with Crippen LogP contribution in [0.25, 0.3) is 0 Å². The summed E-state index contributed by atoms with van der Waals surface area (Å²) in [6.45, 7) is 2.77. The Morgan fingerprint density at radius 3 is 2.21 bits per heavy atom. The molecule has 1 aromatic carbocycles. The summed E-state index contributed by atoms with van der Waals surface area (Å²) in [4.78, 5) is 26.1. The van der Waals surface area contributed by atoms with Crippen molar-refractivity contribution < 1.29 is 27.9 Å². The molecule has 1 N–H and O–H groups in total. The molecule has 6 nitrogen and oxygen atoms in total. The third-order valence-corrected chi connectivity index (χ3v) is 5.67. The maximum Gasteiger partial charge on any atom is 0.490 e. The Kier molecular flexibility index (Phi) is 7.25. The first-order chi connectivity index (χ1) is 13.6. The third kappa shape index (κ3) is 5.48. The highest BCUT2D eigenvalue weighted by Crippen LogP contribution is 2.37. The molecule has 1 unspecified atom stereocenters. The molecule has 0 radical (unpaired) electrons. The summed E-state index contributed by atoms with van der Waals surface area (Å²) in [5.41, 5.74) is 1.31. The molecule has 1 atom stereocenters. The second-order valence-electron chi connectivity index (χ2n) is 7.36. The summed E-state index contributed by atoms with van der Waals surface area (Å²) in [6.07, 6.45) is 0.698. The number of halogens is 3. The number of likely N-dealkylation sites (tertiary alicyclic amines) is 2. The van der Waals surface area contributed by atoms with E-state index < -0.39 is 12.1 Å². The number of benzene rings is 1. The first-order valence-corrected chi connectivity index (χ1v) is 9.40. The molecule has 1 amide bonds. The predicted octanol–water partition coefficient (Wildman–Crippen LogP) is 3.28. The number of aliphatic carboxylic acids is 1. The van der Waals surface area contributed by atoms with Crippen LogP contribution in [0.5, 0.6) is 0 Å². The molecule has 0 saturated carbocycles. The van der Waals surface area contributed by atoms with Crippen molar-refractivity contribution in [1.29, 1.82) is 5.26 Å². The second kappa shape index (κ2) is 9.27. The standard InChI is InChI=1S/C18H23N3O.C2HF3O2/c1-20-11-4-8-18(20)9-5-12-21(13-10-18)17(22)16-7-3-2-6-15(16)14-19;3-2(4,5)1(6)7/h2-3,6-7H,4-5,8-13H2,1H3;(H,6,7).